The summed E-state index contributed by atoms with van der Waals surface area (Å²) in [5.41, 5.74) is 7.70. The molecule has 3 atom stereocenters. The van der Waals surface area contributed by atoms with E-state index in [4.69, 9.17) is 10.5 Å². The third kappa shape index (κ3) is 2.53. The molecule has 172 valence electrons. The Morgan fingerprint density at radius 3 is 2.85 bits per heavy atom. The Balaban J connectivity index is 1.52. The summed E-state index contributed by atoms with van der Waals surface area (Å²) < 4.78 is 7.97. The molecular formula is C27H25N3O4. The summed E-state index contributed by atoms with van der Waals surface area (Å²) in [6, 6.07) is 12.3. The summed E-state index contributed by atoms with van der Waals surface area (Å²) in [4.78, 5) is 27.6. The zero-order valence-corrected chi connectivity index (χ0v) is 18.9. The van der Waals surface area contributed by atoms with Crippen molar-refractivity contribution < 1.29 is 19.4 Å². The zero-order valence-electron chi connectivity index (χ0n) is 18.9. The first-order valence-corrected chi connectivity index (χ1v) is 11.4. The number of amides is 1. The van der Waals surface area contributed by atoms with Gasteiger partial charge in [-0.05, 0) is 42.2 Å². The summed E-state index contributed by atoms with van der Waals surface area (Å²) in [6.07, 6.45) is 7.50. The maximum absolute atomic E-state index is 14.0. The van der Waals surface area contributed by atoms with Gasteiger partial charge in [0.25, 0.3) is 11.7 Å². The second kappa shape index (κ2) is 6.91. The lowest BCUT2D eigenvalue weighted by atomic mass is 9.80. The van der Waals surface area contributed by atoms with Gasteiger partial charge in [0.05, 0.1) is 5.56 Å². The molecule has 3 aromatic rings. The van der Waals surface area contributed by atoms with Crippen LogP contribution in [0.25, 0.3) is 5.52 Å². The van der Waals surface area contributed by atoms with E-state index in [9.17, 15) is 14.7 Å². The van der Waals surface area contributed by atoms with E-state index in [0.29, 0.717) is 34.4 Å². The molecule has 7 nitrogen and oxygen atoms in total. The van der Waals surface area contributed by atoms with Crippen LogP contribution in [0.2, 0.25) is 0 Å². The summed E-state index contributed by atoms with van der Waals surface area (Å²) >= 11 is 0. The number of aliphatic hydroxyl groups is 1. The number of aromatic nitrogens is 1. The summed E-state index contributed by atoms with van der Waals surface area (Å²) in [5, 5.41) is 14.9. The molecule has 4 N–H and O–H groups in total. The normalized spacial score (nSPS) is 27.1. The Bertz CT molecular complexity index is 1420. The highest BCUT2D eigenvalue weighted by atomic mass is 16.6. The lowest BCUT2D eigenvalue weighted by Crippen LogP contribution is -2.63. The molecule has 0 saturated heterocycles. The van der Waals surface area contributed by atoms with Crippen LogP contribution in [-0.4, -0.2) is 33.0 Å². The topological polar surface area (TPSA) is 106 Å². The summed E-state index contributed by atoms with van der Waals surface area (Å²) in [7, 11) is 0. The SMILES string of the molecule is CC(C)c1ccc2c(c1)OC1(O)C3=C(C(=O)C21NC(=O)c1cc2ccccn2c1)C(N)CC=C3. The van der Waals surface area contributed by atoms with Crippen LogP contribution in [-0.2, 0) is 10.3 Å². The first kappa shape index (κ1) is 20.9. The molecule has 1 aliphatic heterocycles. The number of ether oxygens (including phenoxy) is 1. The van der Waals surface area contributed by atoms with Gasteiger partial charge in [-0.25, -0.2) is 0 Å². The Kier molecular flexibility index (Phi) is 4.25. The van der Waals surface area contributed by atoms with Crippen molar-refractivity contribution in [2.24, 2.45) is 5.73 Å². The van der Waals surface area contributed by atoms with Gasteiger partial charge in [0.15, 0.2) is 5.78 Å². The van der Waals surface area contributed by atoms with Gasteiger partial charge in [0.2, 0.25) is 5.54 Å². The van der Waals surface area contributed by atoms with E-state index in [1.807, 2.05) is 47.0 Å². The molecule has 2 aromatic heterocycles. The first-order valence-electron chi connectivity index (χ1n) is 11.4. The fourth-order valence-corrected chi connectivity index (χ4v) is 5.40. The molecule has 6 rings (SSSR count). The summed E-state index contributed by atoms with van der Waals surface area (Å²) in [6.45, 7) is 4.10. The molecule has 0 radical (unpaired) electrons. The Labute approximate surface area is 196 Å². The second-order valence-corrected chi connectivity index (χ2v) is 9.52. The van der Waals surface area contributed by atoms with Crippen molar-refractivity contribution >= 4 is 17.2 Å². The van der Waals surface area contributed by atoms with Crippen LogP contribution in [0.5, 0.6) is 5.75 Å². The zero-order chi connectivity index (χ0) is 23.8. The first-order chi connectivity index (χ1) is 16.3. The number of rotatable bonds is 3. The number of carbonyl (C=O) groups excluding carboxylic acids is 2. The molecule has 34 heavy (non-hydrogen) atoms. The molecule has 3 unspecified atom stereocenters. The lowest BCUT2D eigenvalue weighted by molar-refractivity contribution is -0.154. The average molecular weight is 456 g/mol. The number of hydrogen-bond donors (Lipinski definition) is 3. The van der Waals surface area contributed by atoms with Crippen molar-refractivity contribution in [3.63, 3.8) is 0 Å². The van der Waals surface area contributed by atoms with E-state index >= 15 is 0 Å². The van der Waals surface area contributed by atoms with Crippen LogP contribution < -0.4 is 15.8 Å². The smallest absolute Gasteiger partial charge is 0.270 e. The number of benzene rings is 1. The number of ketones is 1. The highest BCUT2D eigenvalue weighted by molar-refractivity contribution is 6.14. The molecule has 3 aliphatic rings. The number of nitrogens with two attached hydrogens (primary N) is 1. The van der Waals surface area contributed by atoms with Crippen LogP contribution in [0.15, 0.2) is 78.2 Å². The molecule has 3 heterocycles. The lowest BCUT2D eigenvalue weighted by Gasteiger charge is -2.35. The number of fused-ring (bicyclic) bond motifs is 5. The third-order valence-electron chi connectivity index (χ3n) is 7.20. The predicted octanol–water partition coefficient (Wildman–Crippen LogP) is 2.94. The standard InChI is InChI=1S/C27H25N3O4/c1-15(2)16-9-10-19-22(13-16)34-27(33)20-7-5-8-21(28)23(20)24(31)26(19,27)29-25(32)17-12-18-6-3-4-11-30(18)14-17/h3-7,9-15,21,33H,8,28H2,1-2H3,(H,29,32). The quantitative estimate of drug-likeness (QED) is 0.563. The van der Waals surface area contributed by atoms with E-state index < -0.39 is 29.1 Å². The molecule has 2 aliphatic carbocycles. The maximum atomic E-state index is 14.0. The Hall–Kier alpha value is -3.68. The number of carbonyl (C=O) groups is 2. The minimum atomic E-state index is -2.10. The van der Waals surface area contributed by atoms with Gasteiger partial charge in [0, 0.05) is 40.7 Å². The van der Waals surface area contributed by atoms with Crippen LogP contribution in [0, 0.1) is 0 Å². The van der Waals surface area contributed by atoms with Crippen LogP contribution in [0.3, 0.4) is 0 Å². The van der Waals surface area contributed by atoms with Gasteiger partial charge in [-0.1, -0.05) is 44.2 Å². The van der Waals surface area contributed by atoms with Gasteiger partial charge >= 0.3 is 0 Å². The number of hydrogen-bond acceptors (Lipinski definition) is 5. The van der Waals surface area contributed by atoms with E-state index in [2.05, 4.69) is 19.2 Å². The van der Waals surface area contributed by atoms with Crippen LogP contribution >= 0.6 is 0 Å². The molecule has 1 aromatic carbocycles. The molecule has 0 bridgehead atoms. The van der Waals surface area contributed by atoms with Crippen molar-refractivity contribution in [3.8, 4) is 5.75 Å². The van der Waals surface area contributed by atoms with Gasteiger partial charge in [-0.2, -0.15) is 0 Å². The molecule has 0 spiro atoms. The molecule has 0 fully saturated rings. The Morgan fingerprint density at radius 1 is 1.26 bits per heavy atom. The molecule has 1 amide bonds. The van der Waals surface area contributed by atoms with Crippen LogP contribution in [0.4, 0.5) is 0 Å². The van der Waals surface area contributed by atoms with E-state index in [1.165, 1.54) is 0 Å². The van der Waals surface area contributed by atoms with Crippen LogP contribution in [0.1, 0.15) is 47.7 Å². The Morgan fingerprint density at radius 2 is 2.09 bits per heavy atom. The molecular weight excluding hydrogens is 430 g/mol. The highest BCUT2D eigenvalue weighted by Gasteiger charge is 2.72. The number of pyridine rings is 1. The predicted molar refractivity (Wildman–Crippen MR) is 126 cm³/mol. The summed E-state index contributed by atoms with van der Waals surface area (Å²) in [5.74, 6) is -2.42. The number of nitrogens with one attached hydrogen (secondary N) is 1. The third-order valence-corrected chi connectivity index (χ3v) is 7.20. The minimum absolute atomic E-state index is 0.219. The van der Waals surface area contributed by atoms with E-state index in [0.717, 1.165) is 11.1 Å². The van der Waals surface area contributed by atoms with E-state index in [1.54, 1.807) is 24.4 Å². The van der Waals surface area contributed by atoms with Crippen molar-refractivity contribution in [2.75, 3.05) is 0 Å². The number of Topliss-reactive ketones (excluding diaryl/α,β-unsaturated/α-hetero) is 1. The van der Waals surface area contributed by atoms with Gasteiger partial charge < -0.3 is 25.3 Å². The fourth-order valence-electron chi connectivity index (χ4n) is 5.40. The largest absolute Gasteiger partial charge is 0.454 e. The average Bonchev–Trinajstić information content (AvgIpc) is 3.41. The maximum Gasteiger partial charge on any atom is 0.270 e. The van der Waals surface area contributed by atoms with Crippen molar-refractivity contribution in [1.29, 1.82) is 0 Å². The molecule has 7 heteroatoms. The second-order valence-electron chi connectivity index (χ2n) is 9.52. The fraction of sp³-hybridized carbons (Fsp3) is 0.259. The highest BCUT2D eigenvalue weighted by Crippen LogP contribution is 2.57. The van der Waals surface area contributed by atoms with Gasteiger partial charge in [0.1, 0.15) is 5.75 Å². The van der Waals surface area contributed by atoms with Gasteiger partial charge in [-0.3, -0.25) is 9.59 Å². The molecule has 0 saturated carbocycles. The van der Waals surface area contributed by atoms with E-state index in [-0.39, 0.29) is 5.92 Å². The van der Waals surface area contributed by atoms with Crippen molar-refractivity contribution in [2.45, 2.75) is 43.6 Å². The number of nitrogens with zero attached hydrogens (tertiary/aromatic N) is 1. The van der Waals surface area contributed by atoms with Crippen molar-refractivity contribution in [1.82, 2.24) is 9.72 Å². The minimum Gasteiger partial charge on any atom is -0.454 e. The van der Waals surface area contributed by atoms with Crippen molar-refractivity contribution in [3.05, 3.63) is 94.8 Å². The van der Waals surface area contributed by atoms with Gasteiger partial charge in [-0.15, -0.1) is 0 Å². The monoisotopic (exact) mass is 455 g/mol.